The smallest absolute Gasteiger partial charge is 0.179 e. The quantitative estimate of drug-likeness (QED) is 0.743. The fourth-order valence-corrected chi connectivity index (χ4v) is 2.02. The second-order valence-corrected chi connectivity index (χ2v) is 4.30. The van der Waals surface area contributed by atoms with Crippen molar-refractivity contribution in [3.8, 4) is 11.4 Å². The van der Waals surface area contributed by atoms with E-state index in [0.29, 0.717) is 10.3 Å². The van der Waals surface area contributed by atoms with Gasteiger partial charge >= 0.3 is 0 Å². The maximum atomic E-state index is 5.17. The first-order chi connectivity index (χ1) is 7.74. The summed E-state index contributed by atoms with van der Waals surface area (Å²) >= 11 is 3.33. The zero-order valence-corrected chi connectivity index (χ0v) is 10.1. The highest BCUT2D eigenvalue weighted by atomic mass is 79.9. The van der Waals surface area contributed by atoms with Crippen LogP contribution in [0.1, 0.15) is 5.56 Å². The van der Waals surface area contributed by atoms with E-state index in [2.05, 4.69) is 30.9 Å². The maximum absolute atomic E-state index is 5.17. The number of aromatic nitrogens is 3. The summed E-state index contributed by atoms with van der Waals surface area (Å²) in [4.78, 5) is 11.9. The standard InChI is InChI=1S/C11H8BrN3O/c1-6-4-8-11(13-5-6)15-10(14-8)7-2-3-16-9(7)12/h2-5H,1H3,(H,13,14,15). The van der Waals surface area contributed by atoms with Crippen LogP contribution in [0.3, 0.4) is 0 Å². The van der Waals surface area contributed by atoms with Crippen molar-refractivity contribution in [3.05, 3.63) is 34.8 Å². The summed E-state index contributed by atoms with van der Waals surface area (Å²) in [7, 11) is 0. The lowest BCUT2D eigenvalue weighted by atomic mass is 10.3. The van der Waals surface area contributed by atoms with E-state index < -0.39 is 0 Å². The van der Waals surface area contributed by atoms with E-state index in [4.69, 9.17) is 4.42 Å². The molecule has 80 valence electrons. The summed E-state index contributed by atoms with van der Waals surface area (Å²) in [6, 6.07) is 3.88. The molecule has 0 amide bonds. The van der Waals surface area contributed by atoms with Crippen LogP contribution in [0.15, 0.2) is 33.7 Å². The van der Waals surface area contributed by atoms with Gasteiger partial charge in [0.2, 0.25) is 0 Å². The van der Waals surface area contributed by atoms with Crippen LogP contribution in [-0.2, 0) is 0 Å². The third kappa shape index (κ3) is 1.44. The van der Waals surface area contributed by atoms with Crippen LogP contribution in [0.25, 0.3) is 22.6 Å². The zero-order chi connectivity index (χ0) is 11.1. The maximum Gasteiger partial charge on any atom is 0.179 e. The molecule has 3 aromatic rings. The molecule has 0 atom stereocenters. The van der Waals surface area contributed by atoms with E-state index in [0.717, 1.165) is 22.5 Å². The highest BCUT2D eigenvalue weighted by Gasteiger charge is 2.11. The number of hydrogen-bond acceptors (Lipinski definition) is 3. The van der Waals surface area contributed by atoms with Crippen molar-refractivity contribution < 1.29 is 4.42 Å². The molecule has 0 radical (unpaired) electrons. The fraction of sp³-hybridized carbons (Fsp3) is 0.0909. The molecule has 0 fully saturated rings. The molecule has 16 heavy (non-hydrogen) atoms. The van der Waals surface area contributed by atoms with Crippen molar-refractivity contribution in [1.29, 1.82) is 0 Å². The Bertz CT molecular complexity index is 656. The Morgan fingerprint density at radius 3 is 3.06 bits per heavy atom. The van der Waals surface area contributed by atoms with Crippen molar-refractivity contribution in [2.75, 3.05) is 0 Å². The number of aryl methyl sites for hydroxylation is 1. The first kappa shape index (κ1) is 9.59. The van der Waals surface area contributed by atoms with Gasteiger partial charge in [0, 0.05) is 6.20 Å². The van der Waals surface area contributed by atoms with Crippen molar-refractivity contribution >= 4 is 27.1 Å². The number of pyridine rings is 1. The van der Waals surface area contributed by atoms with Crippen molar-refractivity contribution in [1.82, 2.24) is 15.0 Å². The van der Waals surface area contributed by atoms with Crippen LogP contribution in [0.4, 0.5) is 0 Å². The molecule has 0 spiro atoms. The first-order valence-electron chi connectivity index (χ1n) is 4.80. The Morgan fingerprint density at radius 1 is 1.44 bits per heavy atom. The number of hydrogen-bond donors (Lipinski definition) is 1. The number of aromatic amines is 1. The predicted molar refractivity (Wildman–Crippen MR) is 64.0 cm³/mol. The van der Waals surface area contributed by atoms with Crippen molar-refractivity contribution in [2.24, 2.45) is 0 Å². The highest BCUT2D eigenvalue weighted by molar-refractivity contribution is 9.10. The molecule has 4 nitrogen and oxygen atoms in total. The largest absolute Gasteiger partial charge is 0.457 e. The van der Waals surface area contributed by atoms with Gasteiger partial charge in [-0.15, -0.1) is 0 Å². The van der Waals surface area contributed by atoms with E-state index in [1.807, 2.05) is 19.1 Å². The lowest BCUT2D eigenvalue weighted by molar-refractivity contribution is 0.542. The minimum absolute atomic E-state index is 0.670. The van der Waals surface area contributed by atoms with Gasteiger partial charge in [0.1, 0.15) is 5.82 Å². The van der Waals surface area contributed by atoms with Gasteiger partial charge in [0.05, 0.1) is 17.3 Å². The van der Waals surface area contributed by atoms with Gasteiger partial charge in [-0.05, 0) is 40.5 Å². The van der Waals surface area contributed by atoms with E-state index in [-0.39, 0.29) is 0 Å². The van der Waals surface area contributed by atoms with E-state index in [1.165, 1.54) is 0 Å². The van der Waals surface area contributed by atoms with Gasteiger partial charge in [-0.25, -0.2) is 9.97 Å². The molecule has 0 bridgehead atoms. The summed E-state index contributed by atoms with van der Waals surface area (Å²) in [6.45, 7) is 2.00. The van der Waals surface area contributed by atoms with Crippen molar-refractivity contribution in [2.45, 2.75) is 6.92 Å². The van der Waals surface area contributed by atoms with Crippen LogP contribution in [0.2, 0.25) is 0 Å². The summed E-state index contributed by atoms with van der Waals surface area (Å²) < 4.78 is 5.84. The van der Waals surface area contributed by atoms with Gasteiger partial charge < -0.3 is 9.40 Å². The van der Waals surface area contributed by atoms with Crippen LogP contribution in [0.5, 0.6) is 0 Å². The molecule has 0 aromatic carbocycles. The average Bonchev–Trinajstić information content (AvgIpc) is 2.82. The number of nitrogens with zero attached hydrogens (tertiary/aromatic N) is 2. The lowest BCUT2D eigenvalue weighted by Crippen LogP contribution is -1.78. The fourth-order valence-electron chi connectivity index (χ4n) is 1.59. The summed E-state index contributed by atoms with van der Waals surface area (Å²) in [5, 5.41) is 0. The Kier molecular flexibility index (Phi) is 2.07. The zero-order valence-electron chi connectivity index (χ0n) is 8.49. The summed E-state index contributed by atoms with van der Waals surface area (Å²) in [5.74, 6) is 0.758. The van der Waals surface area contributed by atoms with Crippen LogP contribution >= 0.6 is 15.9 Å². The summed E-state index contributed by atoms with van der Waals surface area (Å²) in [5.41, 5.74) is 3.65. The monoisotopic (exact) mass is 277 g/mol. The Hall–Kier alpha value is -1.62. The number of rotatable bonds is 1. The molecular formula is C11H8BrN3O. The molecule has 3 aromatic heterocycles. The Labute approximate surface area is 99.8 Å². The molecule has 0 aliphatic heterocycles. The molecule has 3 heterocycles. The third-order valence-electron chi connectivity index (χ3n) is 2.35. The molecule has 0 saturated heterocycles. The highest BCUT2D eigenvalue weighted by Crippen LogP contribution is 2.28. The van der Waals surface area contributed by atoms with Crippen LogP contribution in [-0.4, -0.2) is 15.0 Å². The topological polar surface area (TPSA) is 54.7 Å². The number of H-pyrrole nitrogens is 1. The molecule has 0 unspecified atom stereocenters. The van der Waals surface area contributed by atoms with Gasteiger partial charge in [0.25, 0.3) is 0 Å². The predicted octanol–water partition coefficient (Wildman–Crippen LogP) is 3.29. The van der Waals surface area contributed by atoms with Gasteiger partial charge in [-0.1, -0.05) is 0 Å². The summed E-state index contributed by atoms with van der Waals surface area (Å²) in [6.07, 6.45) is 3.42. The number of furan rings is 1. The van der Waals surface area contributed by atoms with Crippen molar-refractivity contribution in [3.63, 3.8) is 0 Å². The number of imidazole rings is 1. The average molecular weight is 278 g/mol. The first-order valence-corrected chi connectivity index (χ1v) is 5.59. The normalized spacial score (nSPS) is 11.1. The molecule has 0 saturated carbocycles. The van der Waals surface area contributed by atoms with E-state index >= 15 is 0 Å². The minimum Gasteiger partial charge on any atom is -0.457 e. The molecule has 0 aliphatic rings. The number of fused-ring (bicyclic) bond motifs is 1. The third-order valence-corrected chi connectivity index (χ3v) is 2.96. The SMILES string of the molecule is Cc1cnc2nc(-c3ccoc3Br)[nH]c2c1. The molecule has 1 N–H and O–H groups in total. The van der Waals surface area contributed by atoms with E-state index in [9.17, 15) is 0 Å². The lowest BCUT2D eigenvalue weighted by Gasteiger charge is -1.89. The Morgan fingerprint density at radius 2 is 2.31 bits per heavy atom. The van der Waals surface area contributed by atoms with E-state index in [1.54, 1.807) is 12.5 Å². The number of halogens is 1. The second kappa shape index (κ2) is 3.45. The van der Waals surface area contributed by atoms with Crippen LogP contribution < -0.4 is 0 Å². The molecule has 0 aliphatic carbocycles. The Balaban J connectivity index is 2.23. The molecular weight excluding hydrogens is 270 g/mol. The van der Waals surface area contributed by atoms with Gasteiger partial charge in [0.15, 0.2) is 10.3 Å². The second-order valence-electron chi connectivity index (χ2n) is 3.58. The van der Waals surface area contributed by atoms with Gasteiger partial charge in [-0.3, -0.25) is 0 Å². The molecule has 5 heteroatoms. The molecule has 3 rings (SSSR count). The number of nitrogens with one attached hydrogen (secondary N) is 1. The van der Waals surface area contributed by atoms with Gasteiger partial charge in [-0.2, -0.15) is 0 Å². The minimum atomic E-state index is 0.670. The van der Waals surface area contributed by atoms with Crippen LogP contribution in [0, 0.1) is 6.92 Å².